The molecule has 4 aliphatic rings. The van der Waals surface area contributed by atoms with E-state index in [1.165, 1.54) is 0 Å². The molecule has 3 fully saturated rings. The van der Waals surface area contributed by atoms with Crippen LogP contribution in [-0.4, -0.2) is 119 Å². The highest BCUT2D eigenvalue weighted by Gasteiger charge is 2.44. The van der Waals surface area contributed by atoms with Crippen LogP contribution >= 0.6 is 11.8 Å². The number of hydrogen-bond acceptors (Lipinski definition) is 7. The number of β-amino-alcohol motifs (C(OH)–C–C–N with tert-alkyl or cyclic N) is 1. The number of carbonyl (C=O) groups excluding carboxylic acids is 3. The Kier molecular flexibility index (Phi) is 10.9. The van der Waals surface area contributed by atoms with Gasteiger partial charge in [-0.2, -0.15) is 0 Å². The van der Waals surface area contributed by atoms with Gasteiger partial charge in [0.2, 0.25) is 11.8 Å². The van der Waals surface area contributed by atoms with E-state index in [1.54, 1.807) is 11.8 Å². The van der Waals surface area contributed by atoms with Crippen LogP contribution in [0.3, 0.4) is 0 Å². The van der Waals surface area contributed by atoms with Crippen LogP contribution in [0.4, 0.5) is 16.2 Å². The molecule has 11 heteroatoms. The second kappa shape index (κ2) is 15.1. The van der Waals surface area contributed by atoms with E-state index in [9.17, 15) is 19.5 Å². The second-order valence-electron chi connectivity index (χ2n) is 14.8. The van der Waals surface area contributed by atoms with E-state index in [0.717, 1.165) is 74.4 Å². The lowest BCUT2D eigenvalue weighted by atomic mass is 9.92. The van der Waals surface area contributed by atoms with Crippen molar-refractivity contribution in [1.82, 2.24) is 19.6 Å². The van der Waals surface area contributed by atoms with Crippen LogP contribution in [0.1, 0.15) is 63.0 Å². The number of anilines is 2. The summed E-state index contributed by atoms with van der Waals surface area (Å²) in [5.74, 6) is 0.0811. The number of hydrogen-bond donors (Lipinski definition) is 2. The Hall–Kier alpha value is -3.28. The molecule has 0 aromatic heterocycles. The van der Waals surface area contributed by atoms with Crippen molar-refractivity contribution in [1.29, 1.82) is 0 Å². The normalized spacial score (nSPS) is 22.9. The molecular weight excluding hydrogens is 625 g/mol. The van der Waals surface area contributed by atoms with Crippen LogP contribution in [0.25, 0.3) is 0 Å². The van der Waals surface area contributed by atoms with Gasteiger partial charge in [-0.1, -0.05) is 57.2 Å². The standard InChI is InChI=1S/C37H52N6O4S/c1-37(2,3)15-19-43-34(46)32(48-35(43)29-9-5-7-11-31(29)40-22-20-39(21-23-40)24-25-44)26-33(45)41-16-13-28(14-17-41)42-18-12-27-8-4-6-10-30(27)38-36(42)47/h4-11,28,32,35,44H,12-26H2,1-3H3,(H,38,47). The topological polar surface area (TPSA) is 99.7 Å². The first-order valence-electron chi connectivity index (χ1n) is 17.7. The van der Waals surface area contributed by atoms with Crippen molar-refractivity contribution in [2.45, 2.75) is 69.5 Å². The van der Waals surface area contributed by atoms with Gasteiger partial charge in [0.25, 0.3) is 0 Å². The molecule has 0 bridgehead atoms. The number of urea groups is 1. The molecule has 2 atom stereocenters. The first-order valence-corrected chi connectivity index (χ1v) is 18.6. The molecule has 0 aliphatic carbocycles. The number of benzene rings is 2. The highest BCUT2D eigenvalue weighted by molar-refractivity contribution is 8.01. The van der Waals surface area contributed by atoms with Crippen LogP contribution < -0.4 is 10.2 Å². The molecule has 6 rings (SSSR count). The van der Waals surface area contributed by atoms with Crippen molar-refractivity contribution < 1.29 is 19.5 Å². The zero-order chi connectivity index (χ0) is 33.8. The maximum absolute atomic E-state index is 14.1. The SMILES string of the molecule is CC(C)(C)CCN1C(=O)C(CC(=O)N2CCC(N3CCc4ccccc4NC3=O)CC2)SC1c1ccccc1N1CCN(CCO)CC1. The minimum atomic E-state index is -0.426. The van der Waals surface area contributed by atoms with Gasteiger partial charge >= 0.3 is 6.03 Å². The third-order valence-corrected chi connectivity index (χ3v) is 11.8. The van der Waals surface area contributed by atoms with Crippen LogP contribution in [-0.2, 0) is 16.0 Å². The smallest absolute Gasteiger partial charge is 0.322 e. The van der Waals surface area contributed by atoms with Gasteiger partial charge in [0.05, 0.1) is 11.9 Å². The summed E-state index contributed by atoms with van der Waals surface area (Å²) in [6.07, 6.45) is 3.35. The number of nitrogens with one attached hydrogen (secondary N) is 1. The molecule has 3 saturated heterocycles. The van der Waals surface area contributed by atoms with E-state index < -0.39 is 5.25 Å². The molecule has 0 radical (unpaired) electrons. The molecule has 2 N–H and O–H groups in total. The highest BCUT2D eigenvalue weighted by Crippen LogP contribution is 2.48. The molecule has 10 nitrogen and oxygen atoms in total. The van der Waals surface area contributed by atoms with Crippen molar-refractivity contribution in [3.05, 3.63) is 59.7 Å². The summed E-state index contributed by atoms with van der Waals surface area (Å²) in [7, 11) is 0. The summed E-state index contributed by atoms with van der Waals surface area (Å²) in [6.45, 7) is 13.5. The summed E-state index contributed by atoms with van der Waals surface area (Å²) in [6, 6.07) is 16.4. The lowest BCUT2D eigenvalue weighted by Crippen LogP contribution is -2.50. The number of carbonyl (C=O) groups is 3. The van der Waals surface area contributed by atoms with E-state index in [0.29, 0.717) is 32.7 Å². The molecular formula is C37H52N6O4S. The molecule has 0 saturated carbocycles. The number of likely N-dealkylation sites (tertiary alicyclic amines) is 1. The molecule has 4 heterocycles. The number of thioether (sulfide) groups is 1. The molecule has 260 valence electrons. The van der Waals surface area contributed by atoms with Gasteiger partial charge < -0.3 is 30.0 Å². The maximum Gasteiger partial charge on any atom is 0.322 e. The molecule has 4 aliphatic heterocycles. The average Bonchev–Trinajstić information content (AvgIpc) is 3.27. The number of fused-ring (bicyclic) bond motifs is 1. The first-order chi connectivity index (χ1) is 23.1. The van der Waals surface area contributed by atoms with E-state index in [4.69, 9.17) is 0 Å². The lowest BCUT2D eigenvalue weighted by Gasteiger charge is -2.38. The van der Waals surface area contributed by atoms with E-state index in [2.05, 4.69) is 66.2 Å². The van der Waals surface area contributed by atoms with Crippen LogP contribution in [0, 0.1) is 5.41 Å². The highest BCUT2D eigenvalue weighted by atomic mass is 32.2. The van der Waals surface area contributed by atoms with Crippen LogP contribution in [0.15, 0.2) is 48.5 Å². The molecule has 48 heavy (non-hydrogen) atoms. The monoisotopic (exact) mass is 676 g/mol. The fourth-order valence-corrected chi connectivity index (χ4v) is 8.94. The maximum atomic E-state index is 14.1. The van der Waals surface area contributed by atoms with E-state index >= 15 is 0 Å². The predicted octanol–water partition coefficient (Wildman–Crippen LogP) is 4.65. The average molecular weight is 677 g/mol. The number of aliphatic hydroxyl groups is 1. The fraction of sp³-hybridized carbons (Fsp3) is 0.595. The summed E-state index contributed by atoms with van der Waals surface area (Å²) in [5, 5.41) is 11.9. The van der Waals surface area contributed by atoms with Gasteiger partial charge in [-0.25, -0.2) is 4.79 Å². The van der Waals surface area contributed by atoms with Gasteiger partial charge in [0, 0.05) is 88.3 Å². The third kappa shape index (κ3) is 7.95. The van der Waals surface area contributed by atoms with Crippen molar-refractivity contribution in [3.63, 3.8) is 0 Å². The van der Waals surface area contributed by atoms with Crippen LogP contribution in [0.2, 0.25) is 0 Å². The largest absolute Gasteiger partial charge is 0.395 e. The number of amides is 4. The molecule has 0 spiro atoms. The Morgan fingerprint density at radius 1 is 0.917 bits per heavy atom. The summed E-state index contributed by atoms with van der Waals surface area (Å²) < 4.78 is 0. The van der Waals surface area contributed by atoms with Crippen molar-refractivity contribution >= 4 is 41.0 Å². The van der Waals surface area contributed by atoms with Crippen molar-refractivity contribution in [2.75, 3.05) is 75.7 Å². The van der Waals surface area contributed by atoms with E-state index in [-0.39, 0.29) is 47.7 Å². The van der Waals surface area contributed by atoms with Gasteiger partial charge in [-0.3, -0.25) is 14.5 Å². The van der Waals surface area contributed by atoms with Crippen molar-refractivity contribution in [2.24, 2.45) is 5.41 Å². The minimum Gasteiger partial charge on any atom is -0.395 e. The Labute approximate surface area is 289 Å². The van der Waals surface area contributed by atoms with Crippen LogP contribution in [0.5, 0.6) is 0 Å². The number of piperidine rings is 1. The summed E-state index contributed by atoms with van der Waals surface area (Å²) in [5.41, 5.74) is 4.40. The third-order valence-electron chi connectivity index (χ3n) is 10.3. The lowest BCUT2D eigenvalue weighted by molar-refractivity contribution is -0.137. The summed E-state index contributed by atoms with van der Waals surface area (Å²) in [4.78, 5) is 51.5. The Bertz CT molecular complexity index is 1450. The number of piperazine rings is 1. The molecule has 2 aromatic rings. The number of aliphatic hydroxyl groups excluding tert-OH is 1. The Morgan fingerprint density at radius 3 is 2.35 bits per heavy atom. The predicted molar refractivity (Wildman–Crippen MR) is 192 cm³/mol. The van der Waals surface area contributed by atoms with Gasteiger partial charge in [0.15, 0.2) is 0 Å². The Balaban J connectivity index is 1.11. The zero-order valence-corrected chi connectivity index (χ0v) is 29.6. The van der Waals surface area contributed by atoms with Gasteiger partial charge in [-0.05, 0) is 48.8 Å². The summed E-state index contributed by atoms with van der Waals surface area (Å²) >= 11 is 1.63. The Morgan fingerprint density at radius 2 is 1.62 bits per heavy atom. The first kappa shape index (κ1) is 34.6. The minimum absolute atomic E-state index is 0.0248. The molecule has 4 amide bonds. The number of nitrogens with zero attached hydrogens (tertiary/aromatic N) is 5. The number of para-hydroxylation sites is 2. The molecule has 2 aromatic carbocycles. The molecule has 2 unspecified atom stereocenters. The van der Waals surface area contributed by atoms with Gasteiger partial charge in [0.1, 0.15) is 5.37 Å². The van der Waals surface area contributed by atoms with Crippen molar-refractivity contribution in [3.8, 4) is 0 Å². The quantitative estimate of drug-likeness (QED) is 0.399. The fourth-order valence-electron chi connectivity index (χ4n) is 7.44. The van der Waals surface area contributed by atoms with Gasteiger partial charge in [-0.15, -0.1) is 11.8 Å². The van der Waals surface area contributed by atoms with E-state index in [1.807, 2.05) is 32.9 Å². The zero-order valence-electron chi connectivity index (χ0n) is 28.8. The second-order valence-corrected chi connectivity index (χ2v) is 16.1. The number of rotatable bonds is 9.